The third-order valence-electron chi connectivity index (χ3n) is 2.14. The number of amides is 1. The molecule has 1 aromatic carbocycles. The van der Waals surface area contributed by atoms with Gasteiger partial charge in [0.2, 0.25) is 0 Å². The third kappa shape index (κ3) is 4.57. The number of carbonyl (C=O) groups is 2. The monoisotopic (exact) mass is 269 g/mol. The van der Waals surface area contributed by atoms with Crippen molar-refractivity contribution >= 4 is 12.4 Å². The first-order valence-electron chi connectivity index (χ1n) is 5.66. The molecule has 0 heterocycles. The van der Waals surface area contributed by atoms with Crippen LogP contribution in [0.4, 0.5) is 9.18 Å². The van der Waals surface area contributed by atoms with Crippen LogP contribution in [0.5, 0.6) is 5.75 Å². The summed E-state index contributed by atoms with van der Waals surface area (Å²) in [6, 6.07) is 2.39. The Hall–Kier alpha value is -2.11. The zero-order valence-electron chi connectivity index (χ0n) is 10.9. The molecule has 1 unspecified atom stereocenters. The summed E-state index contributed by atoms with van der Waals surface area (Å²) >= 11 is 0. The van der Waals surface area contributed by atoms with Crippen LogP contribution in [0.3, 0.4) is 0 Å². The molecule has 1 amide bonds. The van der Waals surface area contributed by atoms with Gasteiger partial charge in [0.15, 0.2) is 11.6 Å². The fourth-order valence-corrected chi connectivity index (χ4v) is 1.35. The fourth-order valence-electron chi connectivity index (χ4n) is 1.35. The first-order chi connectivity index (χ1) is 8.73. The molecule has 19 heavy (non-hydrogen) atoms. The van der Waals surface area contributed by atoms with E-state index in [1.807, 2.05) is 0 Å². The van der Waals surface area contributed by atoms with Crippen molar-refractivity contribution in [3.8, 4) is 5.75 Å². The van der Waals surface area contributed by atoms with Crippen LogP contribution < -0.4 is 5.32 Å². The lowest BCUT2D eigenvalue weighted by Crippen LogP contribution is -2.35. The molecule has 1 aromatic rings. The Morgan fingerprint density at radius 2 is 2.11 bits per heavy atom. The van der Waals surface area contributed by atoms with Crippen molar-refractivity contribution in [1.29, 1.82) is 0 Å². The third-order valence-corrected chi connectivity index (χ3v) is 2.14. The number of carbonyl (C=O) groups excluding carboxylic acids is 2. The number of phenolic OH excluding ortho intramolecular Hbond substituents is 1. The highest BCUT2D eigenvalue weighted by Gasteiger charge is 2.20. The molecule has 0 bridgehead atoms. The number of hydrogen-bond donors (Lipinski definition) is 2. The molecule has 0 aliphatic carbocycles. The number of aldehydes is 1. The molecule has 1 rings (SSSR count). The molecule has 0 radical (unpaired) electrons. The Morgan fingerprint density at radius 3 is 2.58 bits per heavy atom. The van der Waals surface area contributed by atoms with E-state index >= 15 is 0 Å². The molecular weight excluding hydrogens is 253 g/mol. The quantitative estimate of drug-likeness (QED) is 0.825. The number of phenols is 1. The summed E-state index contributed by atoms with van der Waals surface area (Å²) in [4.78, 5) is 22.5. The summed E-state index contributed by atoms with van der Waals surface area (Å²) in [6.07, 6.45) is -0.325. The maximum absolute atomic E-state index is 13.2. The average Bonchev–Trinajstić information content (AvgIpc) is 2.27. The maximum Gasteiger partial charge on any atom is 0.408 e. The van der Waals surface area contributed by atoms with Crippen molar-refractivity contribution in [1.82, 2.24) is 5.32 Å². The highest BCUT2D eigenvalue weighted by molar-refractivity contribution is 5.74. The number of rotatable bonds is 3. The van der Waals surface area contributed by atoms with E-state index < -0.39 is 29.3 Å². The number of hydrogen-bond acceptors (Lipinski definition) is 4. The van der Waals surface area contributed by atoms with Crippen molar-refractivity contribution in [2.45, 2.75) is 32.4 Å². The van der Waals surface area contributed by atoms with Crippen LogP contribution in [0, 0.1) is 5.82 Å². The fraction of sp³-hybridized carbons (Fsp3) is 0.385. The van der Waals surface area contributed by atoms with E-state index in [1.54, 1.807) is 20.8 Å². The minimum absolute atomic E-state index is 0.219. The molecule has 5 nitrogen and oxygen atoms in total. The molecule has 0 spiro atoms. The van der Waals surface area contributed by atoms with E-state index in [-0.39, 0.29) is 5.56 Å². The highest BCUT2D eigenvalue weighted by atomic mass is 19.1. The van der Waals surface area contributed by atoms with Gasteiger partial charge in [0, 0.05) is 0 Å². The van der Waals surface area contributed by atoms with Gasteiger partial charge in [-0.1, -0.05) is 6.07 Å². The van der Waals surface area contributed by atoms with E-state index in [0.29, 0.717) is 6.29 Å². The highest BCUT2D eigenvalue weighted by Crippen LogP contribution is 2.20. The Balaban J connectivity index is 2.81. The van der Waals surface area contributed by atoms with Crippen LogP contribution >= 0.6 is 0 Å². The summed E-state index contributed by atoms with van der Waals surface area (Å²) in [7, 11) is 0. The van der Waals surface area contributed by atoms with Crippen molar-refractivity contribution in [2.75, 3.05) is 0 Å². The van der Waals surface area contributed by atoms with Gasteiger partial charge in [0.1, 0.15) is 17.9 Å². The second-order valence-electron chi connectivity index (χ2n) is 4.97. The minimum Gasteiger partial charge on any atom is -0.505 e. The normalized spacial score (nSPS) is 12.6. The van der Waals surface area contributed by atoms with E-state index in [1.165, 1.54) is 6.07 Å². The van der Waals surface area contributed by atoms with E-state index in [9.17, 15) is 14.0 Å². The topological polar surface area (TPSA) is 75.6 Å². The van der Waals surface area contributed by atoms with Crippen molar-refractivity contribution < 1.29 is 23.8 Å². The largest absolute Gasteiger partial charge is 0.505 e. The first kappa shape index (κ1) is 14.9. The second-order valence-corrected chi connectivity index (χ2v) is 4.97. The molecular formula is C13H16FNO4. The molecule has 0 aliphatic rings. The lowest BCUT2D eigenvalue weighted by Gasteiger charge is -2.21. The van der Waals surface area contributed by atoms with Gasteiger partial charge in [-0.05, 0) is 38.5 Å². The van der Waals surface area contributed by atoms with Crippen LogP contribution in [0.25, 0.3) is 0 Å². The van der Waals surface area contributed by atoms with E-state index in [4.69, 9.17) is 9.84 Å². The van der Waals surface area contributed by atoms with Gasteiger partial charge in [0.25, 0.3) is 0 Å². The number of ether oxygens (including phenoxy) is 1. The van der Waals surface area contributed by atoms with Crippen LogP contribution in [0.15, 0.2) is 18.2 Å². The van der Waals surface area contributed by atoms with Gasteiger partial charge in [-0.25, -0.2) is 9.18 Å². The summed E-state index contributed by atoms with van der Waals surface area (Å²) < 4.78 is 18.2. The zero-order chi connectivity index (χ0) is 14.6. The molecule has 0 aliphatic heterocycles. The zero-order valence-corrected chi connectivity index (χ0v) is 10.9. The predicted molar refractivity (Wildman–Crippen MR) is 66.2 cm³/mol. The number of aromatic hydroxyl groups is 1. The molecule has 104 valence electrons. The lowest BCUT2D eigenvalue weighted by molar-refractivity contribution is -0.109. The van der Waals surface area contributed by atoms with Gasteiger partial charge < -0.3 is 20.0 Å². The Bertz CT molecular complexity index is 482. The number of benzene rings is 1. The van der Waals surface area contributed by atoms with Crippen LogP contribution in [-0.2, 0) is 9.53 Å². The molecule has 0 saturated heterocycles. The SMILES string of the molecule is CC(C)(C)OC(=O)NC(C=O)c1ccc(O)c(F)c1. The van der Waals surface area contributed by atoms with Crippen LogP contribution in [0.1, 0.15) is 32.4 Å². The standard InChI is InChI=1S/C13H16FNO4/c1-13(2,3)19-12(18)15-10(7-16)8-4-5-11(17)9(14)6-8/h4-7,10,17H,1-3H3,(H,15,18). The molecule has 0 saturated carbocycles. The summed E-state index contributed by atoms with van der Waals surface area (Å²) in [5.41, 5.74) is -0.478. The number of halogens is 1. The van der Waals surface area contributed by atoms with E-state index in [0.717, 1.165) is 12.1 Å². The summed E-state index contributed by atoms with van der Waals surface area (Å²) in [6.45, 7) is 5.05. The van der Waals surface area contributed by atoms with Crippen molar-refractivity contribution in [3.63, 3.8) is 0 Å². The smallest absolute Gasteiger partial charge is 0.408 e. The van der Waals surface area contributed by atoms with Gasteiger partial charge in [0.05, 0.1) is 0 Å². The molecule has 0 fully saturated rings. The minimum atomic E-state index is -1.04. The summed E-state index contributed by atoms with van der Waals surface area (Å²) in [5.74, 6) is -1.39. The molecule has 6 heteroatoms. The van der Waals surface area contributed by atoms with Crippen LogP contribution in [-0.4, -0.2) is 23.1 Å². The Kier molecular flexibility index (Phi) is 4.47. The summed E-state index contributed by atoms with van der Waals surface area (Å²) in [5, 5.41) is 11.4. The lowest BCUT2D eigenvalue weighted by atomic mass is 10.1. The van der Waals surface area contributed by atoms with Gasteiger partial charge in [-0.3, -0.25) is 0 Å². The average molecular weight is 269 g/mol. The number of nitrogens with one attached hydrogen (secondary N) is 1. The van der Waals surface area contributed by atoms with Gasteiger partial charge in [-0.2, -0.15) is 0 Å². The Morgan fingerprint density at radius 1 is 1.47 bits per heavy atom. The van der Waals surface area contributed by atoms with Gasteiger partial charge >= 0.3 is 6.09 Å². The van der Waals surface area contributed by atoms with E-state index in [2.05, 4.69) is 5.32 Å². The first-order valence-corrected chi connectivity index (χ1v) is 5.66. The van der Waals surface area contributed by atoms with Crippen LogP contribution in [0.2, 0.25) is 0 Å². The van der Waals surface area contributed by atoms with Crippen molar-refractivity contribution in [3.05, 3.63) is 29.6 Å². The molecule has 0 aromatic heterocycles. The maximum atomic E-state index is 13.2. The van der Waals surface area contributed by atoms with Crippen molar-refractivity contribution in [2.24, 2.45) is 0 Å². The second kappa shape index (κ2) is 5.69. The van der Waals surface area contributed by atoms with Gasteiger partial charge in [-0.15, -0.1) is 0 Å². The number of alkyl carbamates (subject to hydrolysis) is 1. The predicted octanol–water partition coefficient (Wildman–Crippen LogP) is 2.30. The Labute approximate surface area is 110 Å². The molecule has 2 N–H and O–H groups in total. The molecule has 1 atom stereocenters.